The molecule has 118 valence electrons. The Bertz CT molecular complexity index is 855. The van der Waals surface area contributed by atoms with Crippen molar-refractivity contribution < 1.29 is 9.90 Å². The van der Waals surface area contributed by atoms with Crippen LogP contribution in [0.1, 0.15) is 32.0 Å². The van der Waals surface area contributed by atoms with Crippen molar-refractivity contribution in [1.82, 2.24) is 9.38 Å². The standard InChI is InChI=1S/C19H20N2O2/c1-19(2,3)14-9-7-13(8-10-14)18-15(12-17(22)23)21-11-5-4-6-16(21)20-18/h4-11H,12H2,1-3H3,(H,22,23). The molecule has 0 radical (unpaired) electrons. The highest BCUT2D eigenvalue weighted by Gasteiger charge is 2.18. The van der Waals surface area contributed by atoms with Crippen molar-refractivity contribution in [2.45, 2.75) is 32.6 Å². The van der Waals surface area contributed by atoms with Crippen molar-refractivity contribution in [3.05, 3.63) is 59.9 Å². The van der Waals surface area contributed by atoms with Crippen molar-refractivity contribution in [3.8, 4) is 11.3 Å². The third kappa shape index (κ3) is 2.97. The minimum absolute atomic E-state index is 0.0540. The average molecular weight is 308 g/mol. The number of carbonyl (C=O) groups is 1. The van der Waals surface area contributed by atoms with Gasteiger partial charge in [-0.1, -0.05) is 51.1 Å². The lowest BCUT2D eigenvalue weighted by Gasteiger charge is -2.19. The highest BCUT2D eigenvalue weighted by Crippen LogP contribution is 2.28. The van der Waals surface area contributed by atoms with Gasteiger partial charge in [-0.15, -0.1) is 0 Å². The maximum atomic E-state index is 11.2. The van der Waals surface area contributed by atoms with E-state index in [1.807, 2.05) is 40.9 Å². The molecule has 0 aliphatic rings. The molecule has 2 heterocycles. The van der Waals surface area contributed by atoms with E-state index >= 15 is 0 Å². The first kappa shape index (κ1) is 15.3. The Hall–Kier alpha value is -2.62. The Kier molecular flexibility index (Phi) is 3.68. The predicted octanol–water partition coefficient (Wildman–Crippen LogP) is 3.93. The lowest BCUT2D eigenvalue weighted by atomic mass is 9.86. The van der Waals surface area contributed by atoms with Crippen LogP contribution in [0.3, 0.4) is 0 Å². The third-order valence-electron chi connectivity index (χ3n) is 3.97. The summed E-state index contributed by atoms with van der Waals surface area (Å²) in [5.74, 6) is -0.858. The lowest BCUT2D eigenvalue weighted by molar-refractivity contribution is -0.136. The second-order valence-electron chi connectivity index (χ2n) is 6.73. The largest absolute Gasteiger partial charge is 0.481 e. The summed E-state index contributed by atoms with van der Waals surface area (Å²) in [4.78, 5) is 15.9. The number of carboxylic acids is 1. The van der Waals surface area contributed by atoms with Crippen LogP contribution < -0.4 is 0 Å². The second kappa shape index (κ2) is 5.54. The van der Waals surface area contributed by atoms with E-state index in [9.17, 15) is 9.90 Å². The number of aliphatic carboxylic acids is 1. The molecule has 4 heteroatoms. The predicted molar refractivity (Wildman–Crippen MR) is 90.7 cm³/mol. The van der Waals surface area contributed by atoms with Crippen LogP contribution >= 0.6 is 0 Å². The van der Waals surface area contributed by atoms with E-state index in [2.05, 4.69) is 37.9 Å². The SMILES string of the molecule is CC(C)(C)c1ccc(-c2nc3ccccn3c2CC(=O)O)cc1. The maximum Gasteiger partial charge on any atom is 0.309 e. The third-order valence-corrected chi connectivity index (χ3v) is 3.97. The Morgan fingerprint density at radius 2 is 1.83 bits per heavy atom. The van der Waals surface area contributed by atoms with Crippen molar-refractivity contribution in [3.63, 3.8) is 0 Å². The van der Waals surface area contributed by atoms with Crippen molar-refractivity contribution in [1.29, 1.82) is 0 Å². The summed E-state index contributed by atoms with van der Waals surface area (Å²) in [7, 11) is 0. The molecule has 0 unspecified atom stereocenters. The number of benzene rings is 1. The molecule has 0 atom stereocenters. The summed E-state index contributed by atoms with van der Waals surface area (Å²) in [5, 5.41) is 9.23. The minimum atomic E-state index is -0.858. The van der Waals surface area contributed by atoms with Crippen LogP contribution in [-0.2, 0) is 16.6 Å². The highest BCUT2D eigenvalue weighted by molar-refractivity contribution is 5.76. The van der Waals surface area contributed by atoms with Gasteiger partial charge in [-0.25, -0.2) is 4.98 Å². The Morgan fingerprint density at radius 3 is 2.43 bits per heavy atom. The molecule has 0 aliphatic heterocycles. The smallest absolute Gasteiger partial charge is 0.309 e. The van der Waals surface area contributed by atoms with E-state index in [0.717, 1.165) is 16.9 Å². The highest BCUT2D eigenvalue weighted by atomic mass is 16.4. The quantitative estimate of drug-likeness (QED) is 0.797. The van der Waals surface area contributed by atoms with E-state index in [1.54, 1.807) is 0 Å². The Balaban J connectivity index is 2.13. The van der Waals surface area contributed by atoms with Crippen LogP contribution in [0.4, 0.5) is 0 Å². The summed E-state index contributed by atoms with van der Waals surface area (Å²) in [6, 6.07) is 13.9. The molecule has 0 amide bonds. The van der Waals surface area contributed by atoms with Crippen molar-refractivity contribution >= 4 is 11.6 Å². The minimum Gasteiger partial charge on any atom is -0.481 e. The van der Waals surface area contributed by atoms with Crippen LogP contribution in [0, 0.1) is 0 Å². The Labute approximate surface area is 135 Å². The van der Waals surface area contributed by atoms with Crippen molar-refractivity contribution in [2.24, 2.45) is 0 Å². The Morgan fingerprint density at radius 1 is 1.13 bits per heavy atom. The van der Waals surface area contributed by atoms with E-state index in [1.165, 1.54) is 5.56 Å². The zero-order valence-electron chi connectivity index (χ0n) is 13.6. The summed E-state index contributed by atoms with van der Waals surface area (Å²) in [6.45, 7) is 6.51. The zero-order valence-corrected chi connectivity index (χ0v) is 13.6. The fourth-order valence-electron chi connectivity index (χ4n) is 2.72. The van der Waals surface area contributed by atoms with Gasteiger partial charge < -0.3 is 9.51 Å². The number of hydrogen-bond donors (Lipinski definition) is 1. The molecule has 2 aromatic heterocycles. The molecule has 0 spiro atoms. The number of carboxylic acid groups (broad SMARTS) is 1. The zero-order chi connectivity index (χ0) is 16.6. The van der Waals surface area contributed by atoms with Crippen molar-refractivity contribution in [2.75, 3.05) is 0 Å². The molecule has 4 nitrogen and oxygen atoms in total. The van der Waals surface area contributed by atoms with Gasteiger partial charge >= 0.3 is 5.97 Å². The monoisotopic (exact) mass is 308 g/mol. The van der Waals surface area contributed by atoms with Crippen LogP contribution in [-0.4, -0.2) is 20.5 Å². The molecule has 3 rings (SSSR count). The fraction of sp³-hybridized carbons (Fsp3) is 0.263. The number of aromatic nitrogens is 2. The van der Waals surface area contributed by atoms with Gasteiger partial charge in [0.15, 0.2) is 0 Å². The van der Waals surface area contributed by atoms with Gasteiger partial charge in [-0.3, -0.25) is 4.79 Å². The molecular formula is C19H20N2O2. The van der Waals surface area contributed by atoms with Gasteiger partial charge in [0.1, 0.15) is 5.65 Å². The maximum absolute atomic E-state index is 11.2. The van der Waals surface area contributed by atoms with E-state index < -0.39 is 5.97 Å². The number of nitrogens with zero attached hydrogens (tertiary/aromatic N) is 2. The molecule has 1 N–H and O–H groups in total. The van der Waals surface area contributed by atoms with Crippen LogP contribution in [0.15, 0.2) is 48.7 Å². The van der Waals surface area contributed by atoms with Crippen LogP contribution in [0.25, 0.3) is 16.9 Å². The topological polar surface area (TPSA) is 54.6 Å². The van der Waals surface area contributed by atoms with Gasteiger partial charge in [0.2, 0.25) is 0 Å². The number of rotatable bonds is 3. The molecule has 0 fully saturated rings. The molecule has 3 aromatic rings. The van der Waals surface area contributed by atoms with Gasteiger partial charge in [-0.05, 0) is 23.1 Å². The van der Waals surface area contributed by atoms with Gasteiger partial charge in [0.25, 0.3) is 0 Å². The molecule has 23 heavy (non-hydrogen) atoms. The number of fused-ring (bicyclic) bond motifs is 1. The van der Waals surface area contributed by atoms with E-state index in [4.69, 9.17) is 0 Å². The first-order chi connectivity index (χ1) is 10.9. The molecule has 0 aliphatic carbocycles. The van der Waals surface area contributed by atoms with Crippen LogP contribution in [0.5, 0.6) is 0 Å². The summed E-state index contributed by atoms with van der Waals surface area (Å²) in [6.07, 6.45) is 1.80. The number of hydrogen-bond acceptors (Lipinski definition) is 2. The summed E-state index contributed by atoms with van der Waals surface area (Å²) in [5.41, 5.74) is 4.47. The normalized spacial score (nSPS) is 11.8. The average Bonchev–Trinajstić information content (AvgIpc) is 2.85. The van der Waals surface area contributed by atoms with Gasteiger partial charge in [0.05, 0.1) is 17.8 Å². The molecule has 0 saturated heterocycles. The van der Waals surface area contributed by atoms with Crippen LogP contribution in [0.2, 0.25) is 0 Å². The number of imidazole rings is 1. The van der Waals surface area contributed by atoms with E-state index in [0.29, 0.717) is 5.69 Å². The number of pyridine rings is 1. The van der Waals surface area contributed by atoms with Gasteiger partial charge in [-0.2, -0.15) is 0 Å². The molecule has 0 bridgehead atoms. The summed E-state index contributed by atoms with van der Waals surface area (Å²) < 4.78 is 1.85. The van der Waals surface area contributed by atoms with E-state index in [-0.39, 0.29) is 11.8 Å². The summed E-state index contributed by atoms with van der Waals surface area (Å²) >= 11 is 0. The fourth-order valence-corrected chi connectivity index (χ4v) is 2.72. The molecular weight excluding hydrogens is 288 g/mol. The first-order valence-electron chi connectivity index (χ1n) is 7.65. The molecule has 0 saturated carbocycles. The lowest BCUT2D eigenvalue weighted by Crippen LogP contribution is -2.10. The van der Waals surface area contributed by atoms with Gasteiger partial charge in [0, 0.05) is 11.8 Å². The first-order valence-corrected chi connectivity index (χ1v) is 7.65. The second-order valence-corrected chi connectivity index (χ2v) is 6.73. The molecule has 1 aromatic carbocycles.